The van der Waals surface area contributed by atoms with E-state index in [0.717, 1.165) is 24.3 Å². The highest BCUT2D eigenvalue weighted by Crippen LogP contribution is 2.19. The van der Waals surface area contributed by atoms with Crippen LogP contribution in [0.2, 0.25) is 0 Å². The molecule has 0 unspecified atom stereocenters. The van der Waals surface area contributed by atoms with Crippen LogP contribution in [0.3, 0.4) is 0 Å². The number of ether oxygens (including phenoxy) is 1. The molecule has 3 rings (SSSR count). The number of hydrogen-bond donors (Lipinski definition) is 2. The van der Waals surface area contributed by atoms with Crippen molar-refractivity contribution in [2.24, 2.45) is 0 Å². The Hall–Kier alpha value is -3.41. The first-order valence-corrected chi connectivity index (χ1v) is 9.78. The Bertz CT molecular complexity index is 894. The molecular formula is C23H26N4O2. The van der Waals surface area contributed by atoms with Crippen LogP contribution in [0.15, 0.2) is 67.0 Å². The molecule has 0 bridgehead atoms. The molecule has 0 atom stereocenters. The third-order valence-corrected chi connectivity index (χ3v) is 4.17. The second-order valence-electron chi connectivity index (χ2n) is 6.96. The third kappa shape index (κ3) is 6.60. The Morgan fingerprint density at radius 1 is 1.00 bits per heavy atom. The molecule has 1 amide bonds. The van der Waals surface area contributed by atoms with Gasteiger partial charge >= 0.3 is 0 Å². The van der Waals surface area contributed by atoms with Gasteiger partial charge in [-0.1, -0.05) is 30.3 Å². The number of aryl methyl sites for hydroxylation is 1. The second kappa shape index (κ2) is 10.2. The van der Waals surface area contributed by atoms with E-state index in [9.17, 15) is 4.79 Å². The summed E-state index contributed by atoms with van der Waals surface area (Å²) in [5.41, 5.74) is 2.56. The van der Waals surface area contributed by atoms with Crippen LogP contribution in [-0.4, -0.2) is 28.5 Å². The monoisotopic (exact) mass is 390 g/mol. The summed E-state index contributed by atoms with van der Waals surface area (Å²) >= 11 is 0. The van der Waals surface area contributed by atoms with E-state index in [1.807, 2.05) is 56.3 Å². The number of rotatable bonds is 9. The van der Waals surface area contributed by atoms with Gasteiger partial charge in [0.1, 0.15) is 5.75 Å². The van der Waals surface area contributed by atoms with E-state index in [-0.39, 0.29) is 12.0 Å². The van der Waals surface area contributed by atoms with Gasteiger partial charge in [0.2, 0.25) is 5.95 Å². The highest BCUT2D eigenvalue weighted by atomic mass is 16.5. The van der Waals surface area contributed by atoms with Gasteiger partial charge in [0, 0.05) is 24.6 Å². The van der Waals surface area contributed by atoms with Crippen molar-refractivity contribution in [3.63, 3.8) is 0 Å². The number of hydrogen-bond acceptors (Lipinski definition) is 5. The van der Waals surface area contributed by atoms with Crippen molar-refractivity contribution in [1.82, 2.24) is 15.3 Å². The van der Waals surface area contributed by atoms with Crippen LogP contribution in [0.4, 0.5) is 11.6 Å². The Kier molecular flexibility index (Phi) is 7.16. The number of aromatic nitrogens is 2. The van der Waals surface area contributed by atoms with Crippen molar-refractivity contribution in [2.75, 3.05) is 11.9 Å². The van der Waals surface area contributed by atoms with Crippen LogP contribution < -0.4 is 15.4 Å². The Balaban J connectivity index is 1.45. The van der Waals surface area contributed by atoms with E-state index >= 15 is 0 Å². The van der Waals surface area contributed by atoms with Crippen LogP contribution in [0.1, 0.15) is 36.2 Å². The lowest BCUT2D eigenvalue weighted by atomic mass is 10.1. The second-order valence-corrected chi connectivity index (χ2v) is 6.96. The van der Waals surface area contributed by atoms with Crippen LogP contribution >= 0.6 is 0 Å². The van der Waals surface area contributed by atoms with Gasteiger partial charge in [0.05, 0.1) is 11.7 Å². The molecule has 0 aliphatic carbocycles. The first-order chi connectivity index (χ1) is 14.1. The summed E-state index contributed by atoms with van der Waals surface area (Å²) in [5.74, 6) is 1.08. The largest absolute Gasteiger partial charge is 0.491 e. The lowest BCUT2D eigenvalue weighted by molar-refractivity contribution is 0.0952. The minimum absolute atomic E-state index is 0.133. The molecule has 0 aliphatic heterocycles. The molecule has 29 heavy (non-hydrogen) atoms. The maximum Gasteiger partial charge on any atom is 0.254 e. The average Bonchev–Trinajstić information content (AvgIpc) is 2.73. The standard InChI is InChI=1S/C23H26N4O2/c1-17(2)29-21-12-10-20(11-13-21)27-23-25-15-19(16-26-23)22(28)24-14-6-9-18-7-4-3-5-8-18/h3-5,7-8,10-13,15-17H,6,9,14H2,1-2H3,(H,24,28)(H,25,26,27). The van der Waals surface area contributed by atoms with Gasteiger partial charge in [-0.15, -0.1) is 0 Å². The van der Waals surface area contributed by atoms with Gasteiger partial charge in [0.25, 0.3) is 5.91 Å². The summed E-state index contributed by atoms with van der Waals surface area (Å²) in [6.07, 6.45) is 5.00. The number of nitrogens with one attached hydrogen (secondary N) is 2. The van der Waals surface area contributed by atoms with Crippen LogP contribution in [0, 0.1) is 0 Å². The van der Waals surface area contributed by atoms with Crippen molar-refractivity contribution >= 4 is 17.5 Å². The predicted octanol–water partition coefficient (Wildman–Crippen LogP) is 4.37. The SMILES string of the molecule is CC(C)Oc1ccc(Nc2ncc(C(=O)NCCCc3ccccc3)cn2)cc1. The Morgan fingerprint density at radius 2 is 1.69 bits per heavy atom. The minimum atomic E-state index is -0.167. The molecule has 0 aliphatic rings. The van der Waals surface area contributed by atoms with Crippen molar-refractivity contribution in [2.45, 2.75) is 32.8 Å². The molecule has 0 saturated carbocycles. The summed E-state index contributed by atoms with van der Waals surface area (Å²) in [5, 5.41) is 6.02. The molecule has 1 heterocycles. The molecule has 6 heteroatoms. The molecule has 2 aromatic carbocycles. The minimum Gasteiger partial charge on any atom is -0.491 e. The number of amides is 1. The van der Waals surface area contributed by atoms with E-state index in [4.69, 9.17) is 4.74 Å². The lowest BCUT2D eigenvalue weighted by Gasteiger charge is -2.10. The normalized spacial score (nSPS) is 10.6. The van der Waals surface area contributed by atoms with Crippen LogP contribution in [0.25, 0.3) is 0 Å². The molecule has 3 aromatic rings. The molecule has 0 radical (unpaired) electrons. The molecule has 0 spiro atoms. The third-order valence-electron chi connectivity index (χ3n) is 4.17. The average molecular weight is 390 g/mol. The number of benzene rings is 2. The zero-order valence-electron chi connectivity index (χ0n) is 16.8. The summed E-state index contributed by atoms with van der Waals surface area (Å²) in [4.78, 5) is 20.7. The van der Waals surface area contributed by atoms with E-state index in [0.29, 0.717) is 18.1 Å². The van der Waals surface area contributed by atoms with E-state index < -0.39 is 0 Å². The highest BCUT2D eigenvalue weighted by Gasteiger charge is 2.07. The number of nitrogens with zero attached hydrogens (tertiary/aromatic N) is 2. The number of carbonyl (C=O) groups is 1. The van der Waals surface area contributed by atoms with Gasteiger partial charge in [-0.25, -0.2) is 9.97 Å². The molecule has 2 N–H and O–H groups in total. The predicted molar refractivity (Wildman–Crippen MR) is 115 cm³/mol. The fourth-order valence-electron chi connectivity index (χ4n) is 2.77. The summed E-state index contributed by atoms with van der Waals surface area (Å²) < 4.78 is 5.62. The maximum absolute atomic E-state index is 12.2. The van der Waals surface area contributed by atoms with Crippen molar-refractivity contribution < 1.29 is 9.53 Å². The Morgan fingerprint density at radius 3 is 2.34 bits per heavy atom. The zero-order valence-corrected chi connectivity index (χ0v) is 16.8. The number of anilines is 2. The highest BCUT2D eigenvalue weighted by molar-refractivity contribution is 5.93. The van der Waals surface area contributed by atoms with Gasteiger partial charge < -0.3 is 15.4 Å². The summed E-state index contributed by atoms with van der Waals surface area (Å²) in [6.45, 7) is 4.58. The van der Waals surface area contributed by atoms with Gasteiger partial charge in [-0.3, -0.25) is 4.79 Å². The maximum atomic E-state index is 12.2. The van der Waals surface area contributed by atoms with Gasteiger partial charge in [-0.05, 0) is 56.5 Å². The van der Waals surface area contributed by atoms with Gasteiger partial charge in [-0.2, -0.15) is 0 Å². The van der Waals surface area contributed by atoms with E-state index in [1.54, 1.807) is 0 Å². The zero-order chi connectivity index (χ0) is 20.5. The fraction of sp³-hybridized carbons (Fsp3) is 0.261. The van der Waals surface area contributed by atoms with E-state index in [2.05, 4.69) is 32.7 Å². The summed E-state index contributed by atoms with van der Waals surface area (Å²) in [7, 11) is 0. The molecule has 1 aromatic heterocycles. The molecular weight excluding hydrogens is 364 g/mol. The molecule has 150 valence electrons. The topological polar surface area (TPSA) is 76.1 Å². The smallest absolute Gasteiger partial charge is 0.254 e. The first kappa shape index (κ1) is 20.3. The van der Waals surface area contributed by atoms with Crippen LogP contribution in [0.5, 0.6) is 5.75 Å². The fourth-order valence-corrected chi connectivity index (χ4v) is 2.77. The van der Waals surface area contributed by atoms with Crippen molar-refractivity contribution in [1.29, 1.82) is 0 Å². The quantitative estimate of drug-likeness (QED) is 0.531. The van der Waals surface area contributed by atoms with E-state index in [1.165, 1.54) is 18.0 Å². The van der Waals surface area contributed by atoms with Crippen LogP contribution in [-0.2, 0) is 6.42 Å². The molecule has 0 fully saturated rings. The summed E-state index contributed by atoms with van der Waals surface area (Å²) in [6, 6.07) is 17.8. The first-order valence-electron chi connectivity index (χ1n) is 9.78. The van der Waals surface area contributed by atoms with Crippen molar-refractivity contribution in [3.8, 4) is 5.75 Å². The number of carbonyl (C=O) groups excluding carboxylic acids is 1. The lowest BCUT2D eigenvalue weighted by Crippen LogP contribution is -2.25. The Labute approximate surface area is 171 Å². The van der Waals surface area contributed by atoms with Crippen molar-refractivity contribution in [3.05, 3.63) is 78.1 Å². The van der Waals surface area contributed by atoms with Gasteiger partial charge in [0.15, 0.2) is 0 Å². The molecule has 6 nitrogen and oxygen atoms in total. The molecule has 0 saturated heterocycles.